The lowest BCUT2D eigenvalue weighted by atomic mass is 10.1. The van der Waals surface area contributed by atoms with Crippen LogP contribution in [0.15, 0.2) is 42.6 Å². The van der Waals surface area contributed by atoms with E-state index in [0.717, 1.165) is 11.6 Å². The first-order valence-electron chi connectivity index (χ1n) is 5.15. The van der Waals surface area contributed by atoms with E-state index >= 15 is 0 Å². The third kappa shape index (κ3) is 2.98. The number of hydrogen-bond acceptors (Lipinski definition) is 3. The van der Waals surface area contributed by atoms with E-state index in [-0.39, 0.29) is 5.82 Å². The van der Waals surface area contributed by atoms with E-state index < -0.39 is 5.97 Å². The number of hydrogen-bond donors (Lipinski definition) is 1. The maximum Gasteiger partial charge on any atom is 0.328 e. The number of aliphatic carboxylic acids is 1. The van der Waals surface area contributed by atoms with Crippen LogP contribution in [-0.2, 0) is 4.79 Å². The summed E-state index contributed by atoms with van der Waals surface area (Å²) in [4.78, 5) is 18.5. The first-order chi connectivity index (χ1) is 8.65. The molecule has 0 aliphatic heterocycles. The van der Waals surface area contributed by atoms with Crippen molar-refractivity contribution < 1.29 is 14.3 Å². The van der Waals surface area contributed by atoms with E-state index in [1.54, 1.807) is 18.2 Å². The summed E-state index contributed by atoms with van der Waals surface area (Å²) in [6.45, 7) is 0. The van der Waals surface area contributed by atoms with Gasteiger partial charge in [0.05, 0.1) is 5.69 Å². The van der Waals surface area contributed by atoms with Gasteiger partial charge in [-0.25, -0.2) is 19.2 Å². The number of carbonyl (C=O) groups is 1. The molecule has 0 radical (unpaired) electrons. The van der Waals surface area contributed by atoms with E-state index in [9.17, 15) is 9.18 Å². The molecule has 0 unspecified atom stereocenters. The molecule has 0 aliphatic rings. The highest BCUT2D eigenvalue weighted by Crippen LogP contribution is 2.16. The molecule has 0 spiro atoms. The lowest BCUT2D eigenvalue weighted by molar-refractivity contribution is -0.131. The molecule has 5 heteroatoms. The van der Waals surface area contributed by atoms with Crippen LogP contribution in [0, 0.1) is 5.82 Å². The fraction of sp³-hybridized carbons (Fsp3) is 0. The van der Waals surface area contributed by atoms with Crippen LogP contribution < -0.4 is 0 Å². The maximum absolute atomic E-state index is 12.8. The van der Waals surface area contributed by atoms with Gasteiger partial charge in [0.25, 0.3) is 0 Å². The number of carboxylic acids is 1. The summed E-state index contributed by atoms with van der Waals surface area (Å²) >= 11 is 0. The molecule has 0 saturated heterocycles. The largest absolute Gasteiger partial charge is 0.478 e. The Kier molecular flexibility index (Phi) is 3.43. The Balaban J connectivity index is 2.32. The predicted molar refractivity (Wildman–Crippen MR) is 64.1 cm³/mol. The maximum atomic E-state index is 12.8. The molecule has 2 rings (SSSR count). The standard InChI is InChI=1S/C13H9FN2O2/c14-10-3-1-9(2-4-10)11-7-8-15-12(16-11)5-6-13(17)18/h1-8H,(H,17,18)/b6-5+. The molecule has 0 bridgehead atoms. The van der Waals surface area contributed by atoms with Crippen molar-refractivity contribution in [1.29, 1.82) is 0 Å². The Hall–Kier alpha value is -2.56. The summed E-state index contributed by atoms with van der Waals surface area (Å²) in [7, 11) is 0. The molecule has 0 aliphatic carbocycles. The quantitative estimate of drug-likeness (QED) is 0.842. The van der Waals surface area contributed by atoms with Gasteiger partial charge in [0.15, 0.2) is 5.82 Å². The normalized spacial score (nSPS) is 10.7. The Bertz CT molecular complexity index is 594. The molecular formula is C13H9FN2O2. The van der Waals surface area contributed by atoms with Gasteiger partial charge in [-0.05, 0) is 36.4 Å². The Labute approximate surface area is 102 Å². The monoisotopic (exact) mass is 244 g/mol. The number of nitrogens with zero attached hydrogens (tertiary/aromatic N) is 2. The highest BCUT2D eigenvalue weighted by Gasteiger charge is 2.01. The van der Waals surface area contributed by atoms with Crippen LogP contribution in [0.25, 0.3) is 17.3 Å². The Morgan fingerprint density at radius 2 is 1.94 bits per heavy atom. The summed E-state index contributed by atoms with van der Waals surface area (Å²) in [6, 6.07) is 7.55. The molecule has 0 atom stereocenters. The van der Waals surface area contributed by atoms with Crippen molar-refractivity contribution >= 4 is 12.0 Å². The molecule has 18 heavy (non-hydrogen) atoms. The van der Waals surface area contributed by atoms with E-state index in [0.29, 0.717) is 11.5 Å². The first-order valence-corrected chi connectivity index (χ1v) is 5.15. The van der Waals surface area contributed by atoms with Crippen molar-refractivity contribution in [2.75, 3.05) is 0 Å². The molecule has 1 heterocycles. The fourth-order valence-electron chi connectivity index (χ4n) is 1.38. The molecule has 2 aromatic rings. The van der Waals surface area contributed by atoms with Gasteiger partial charge in [-0.3, -0.25) is 0 Å². The van der Waals surface area contributed by atoms with Crippen molar-refractivity contribution in [3.05, 3.63) is 54.2 Å². The van der Waals surface area contributed by atoms with Crippen LogP contribution in [0.4, 0.5) is 4.39 Å². The van der Waals surface area contributed by atoms with Crippen LogP contribution in [0.5, 0.6) is 0 Å². The molecule has 4 nitrogen and oxygen atoms in total. The van der Waals surface area contributed by atoms with Crippen molar-refractivity contribution in [3.63, 3.8) is 0 Å². The van der Waals surface area contributed by atoms with Crippen LogP contribution in [0.3, 0.4) is 0 Å². The van der Waals surface area contributed by atoms with Crippen molar-refractivity contribution in [1.82, 2.24) is 9.97 Å². The van der Waals surface area contributed by atoms with Crippen LogP contribution >= 0.6 is 0 Å². The molecule has 0 amide bonds. The number of rotatable bonds is 3. The van der Waals surface area contributed by atoms with E-state index in [1.165, 1.54) is 24.4 Å². The molecule has 1 aromatic carbocycles. The number of benzene rings is 1. The average molecular weight is 244 g/mol. The van der Waals surface area contributed by atoms with Gasteiger partial charge in [0, 0.05) is 17.8 Å². The second-order valence-corrected chi connectivity index (χ2v) is 3.48. The highest BCUT2D eigenvalue weighted by molar-refractivity contribution is 5.84. The smallest absolute Gasteiger partial charge is 0.328 e. The van der Waals surface area contributed by atoms with Gasteiger partial charge in [-0.2, -0.15) is 0 Å². The number of aromatic nitrogens is 2. The third-order valence-electron chi connectivity index (χ3n) is 2.19. The fourth-order valence-corrected chi connectivity index (χ4v) is 1.38. The van der Waals surface area contributed by atoms with Crippen LogP contribution in [-0.4, -0.2) is 21.0 Å². The summed E-state index contributed by atoms with van der Waals surface area (Å²) in [5.41, 5.74) is 1.35. The van der Waals surface area contributed by atoms with Gasteiger partial charge in [-0.1, -0.05) is 0 Å². The van der Waals surface area contributed by atoms with Crippen LogP contribution in [0.1, 0.15) is 5.82 Å². The number of carboxylic acid groups (broad SMARTS) is 1. The summed E-state index contributed by atoms with van der Waals surface area (Å²) < 4.78 is 12.8. The zero-order valence-corrected chi connectivity index (χ0v) is 9.25. The highest BCUT2D eigenvalue weighted by atomic mass is 19.1. The summed E-state index contributed by atoms with van der Waals surface area (Å²) in [5, 5.41) is 8.51. The number of halogens is 1. The van der Waals surface area contributed by atoms with Gasteiger partial charge in [0.1, 0.15) is 5.82 Å². The van der Waals surface area contributed by atoms with Crippen molar-refractivity contribution in [2.24, 2.45) is 0 Å². The van der Waals surface area contributed by atoms with Gasteiger partial charge < -0.3 is 5.11 Å². The van der Waals surface area contributed by atoms with Gasteiger partial charge >= 0.3 is 5.97 Å². The second kappa shape index (κ2) is 5.18. The minimum Gasteiger partial charge on any atom is -0.478 e. The lowest BCUT2D eigenvalue weighted by Gasteiger charge is -2.01. The van der Waals surface area contributed by atoms with Crippen molar-refractivity contribution in [2.45, 2.75) is 0 Å². The third-order valence-corrected chi connectivity index (χ3v) is 2.19. The first kappa shape index (κ1) is 11.9. The van der Waals surface area contributed by atoms with Crippen LogP contribution in [0.2, 0.25) is 0 Å². The van der Waals surface area contributed by atoms with Gasteiger partial charge in [0.2, 0.25) is 0 Å². The molecule has 1 N–H and O–H groups in total. The lowest BCUT2D eigenvalue weighted by Crippen LogP contribution is -1.92. The average Bonchev–Trinajstić information content (AvgIpc) is 2.37. The Morgan fingerprint density at radius 3 is 2.61 bits per heavy atom. The molecule has 0 fully saturated rings. The molecular weight excluding hydrogens is 235 g/mol. The summed E-state index contributed by atoms with van der Waals surface area (Å²) in [6.07, 6.45) is 3.78. The molecule has 1 aromatic heterocycles. The van der Waals surface area contributed by atoms with Gasteiger partial charge in [-0.15, -0.1) is 0 Å². The predicted octanol–water partition coefficient (Wildman–Crippen LogP) is 2.38. The Morgan fingerprint density at radius 1 is 1.22 bits per heavy atom. The SMILES string of the molecule is O=C(O)/C=C/c1nccc(-c2ccc(F)cc2)n1. The zero-order valence-electron chi connectivity index (χ0n) is 9.25. The molecule has 0 saturated carbocycles. The minimum absolute atomic E-state index is 0.291. The minimum atomic E-state index is -1.06. The summed E-state index contributed by atoms with van der Waals surface area (Å²) in [5.74, 6) is -1.09. The second-order valence-electron chi connectivity index (χ2n) is 3.48. The van der Waals surface area contributed by atoms with E-state index in [4.69, 9.17) is 5.11 Å². The molecule has 90 valence electrons. The topological polar surface area (TPSA) is 63.1 Å². The van der Waals surface area contributed by atoms with Crippen molar-refractivity contribution in [3.8, 4) is 11.3 Å². The van der Waals surface area contributed by atoms with E-state index in [2.05, 4.69) is 9.97 Å². The zero-order chi connectivity index (χ0) is 13.0. The van der Waals surface area contributed by atoms with E-state index in [1.807, 2.05) is 0 Å².